The molecule has 104 valence electrons. The lowest BCUT2D eigenvalue weighted by Crippen LogP contribution is -2.11. The number of halogens is 1. The van der Waals surface area contributed by atoms with E-state index >= 15 is 0 Å². The van der Waals surface area contributed by atoms with Crippen molar-refractivity contribution < 1.29 is 19.1 Å². The average Bonchev–Trinajstić information content (AvgIpc) is 2.85. The van der Waals surface area contributed by atoms with E-state index in [0.717, 1.165) is 5.69 Å². The van der Waals surface area contributed by atoms with Crippen LogP contribution in [0.3, 0.4) is 0 Å². The number of rotatable bonds is 5. The van der Waals surface area contributed by atoms with Crippen LogP contribution in [0, 0.1) is 0 Å². The Labute approximate surface area is 122 Å². The first kappa shape index (κ1) is 14.1. The second-order valence-electron chi connectivity index (χ2n) is 3.98. The number of nitrogens with two attached hydrogens (primary N) is 1. The van der Waals surface area contributed by atoms with Crippen LogP contribution in [-0.4, -0.2) is 17.0 Å². The van der Waals surface area contributed by atoms with Crippen molar-refractivity contribution in [1.29, 1.82) is 0 Å². The Kier molecular flexibility index (Phi) is 4.09. The van der Waals surface area contributed by atoms with E-state index in [1.54, 1.807) is 24.3 Å². The SMILES string of the molecule is NC(=O)c1ccc(NCc2ccc(C(=O)O)o2)cc1Br. The number of furan rings is 1. The summed E-state index contributed by atoms with van der Waals surface area (Å²) in [4.78, 5) is 21.8. The van der Waals surface area contributed by atoms with Gasteiger partial charge in [-0.15, -0.1) is 0 Å². The van der Waals surface area contributed by atoms with E-state index < -0.39 is 11.9 Å². The van der Waals surface area contributed by atoms with Gasteiger partial charge in [0.05, 0.1) is 12.1 Å². The number of nitrogens with one attached hydrogen (secondary N) is 1. The van der Waals surface area contributed by atoms with Crippen molar-refractivity contribution in [2.45, 2.75) is 6.54 Å². The van der Waals surface area contributed by atoms with Crippen molar-refractivity contribution in [3.8, 4) is 0 Å². The number of anilines is 1. The average molecular weight is 339 g/mol. The molecule has 7 heteroatoms. The molecule has 0 unspecified atom stereocenters. The van der Waals surface area contributed by atoms with Gasteiger partial charge in [-0.05, 0) is 46.3 Å². The topological polar surface area (TPSA) is 106 Å². The van der Waals surface area contributed by atoms with E-state index in [9.17, 15) is 9.59 Å². The number of aromatic carboxylic acids is 1. The molecule has 2 aromatic rings. The first-order chi connectivity index (χ1) is 9.47. The summed E-state index contributed by atoms with van der Waals surface area (Å²) < 4.78 is 5.70. The monoisotopic (exact) mass is 338 g/mol. The van der Waals surface area contributed by atoms with Gasteiger partial charge in [-0.1, -0.05) is 0 Å². The van der Waals surface area contributed by atoms with E-state index in [2.05, 4.69) is 21.2 Å². The number of benzene rings is 1. The zero-order valence-corrected chi connectivity index (χ0v) is 11.8. The normalized spacial score (nSPS) is 10.2. The van der Waals surface area contributed by atoms with Crippen LogP contribution in [0.4, 0.5) is 5.69 Å². The zero-order chi connectivity index (χ0) is 14.7. The largest absolute Gasteiger partial charge is 0.475 e. The fourth-order valence-electron chi connectivity index (χ4n) is 1.60. The van der Waals surface area contributed by atoms with Gasteiger partial charge in [0.2, 0.25) is 11.7 Å². The van der Waals surface area contributed by atoms with Crippen LogP contribution >= 0.6 is 15.9 Å². The minimum Gasteiger partial charge on any atom is -0.475 e. The van der Waals surface area contributed by atoms with Crippen LogP contribution in [0.5, 0.6) is 0 Å². The molecule has 20 heavy (non-hydrogen) atoms. The molecule has 0 radical (unpaired) electrons. The molecule has 0 aliphatic rings. The number of carboxylic acids is 1. The molecule has 0 aliphatic carbocycles. The fraction of sp³-hybridized carbons (Fsp3) is 0.0769. The predicted octanol–water partition coefficient (Wildman–Crippen LogP) is 2.45. The summed E-state index contributed by atoms with van der Waals surface area (Å²) in [7, 11) is 0. The lowest BCUT2D eigenvalue weighted by molar-refractivity contribution is 0.0660. The third kappa shape index (κ3) is 3.18. The fourth-order valence-corrected chi connectivity index (χ4v) is 2.18. The summed E-state index contributed by atoms with van der Waals surface area (Å²) in [6.45, 7) is 0.329. The first-order valence-corrected chi connectivity index (χ1v) is 6.42. The van der Waals surface area contributed by atoms with Crippen molar-refractivity contribution >= 4 is 33.5 Å². The van der Waals surface area contributed by atoms with Crippen LogP contribution in [0.2, 0.25) is 0 Å². The van der Waals surface area contributed by atoms with Crippen molar-refractivity contribution in [3.63, 3.8) is 0 Å². The molecule has 0 spiro atoms. The molecule has 0 saturated heterocycles. The molecule has 0 fully saturated rings. The molecule has 2 rings (SSSR count). The summed E-state index contributed by atoms with van der Waals surface area (Å²) >= 11 is 3.26. The highest BCUT2D eigenvalue weighted by molar-refractivity contribution is 9.10. The van der Waals surface area contributed by atoms with E-state index in [0.29, 0.717) is 22.3 Å². The molecule has 0 aliphatic heterocycles. The van der Waals surface area contributed by atoms with Crippen LogP contribution in [0.25, 0.3) is 0 Å². The first-order valence-electron chi connectivity index (χ1n) is 5.62. The Hall–Kier alpha value is -2.28. The van der Waals surface area contributed by atoms with Crippen molar-refractivity contribution in [1.82, 2.24) is 0 Å². The maximum Gasteiger partial charge on any atom is 0.371 e. The molecule has 6 nitrogen and oxygen atoms in total. The maximum atomic E-state index is 11.1. The van der Waals surface area contributed by atoms with E-state index in [4.69, 9.17) is 15.3 Å². The molecule has 0 bridgehead atoms. The Balaban J connectivity index is 2.05. The molecule has 4 N–H and O–H groups in total. The van der Waals surface area contributed by atoms with Gasteiger partial charge in [-0.25, -0.2) is 4.79 Å². The second kappa shape index (κ2) is 5.79. The third-order valence-corrected chi connectivity index (χ3v) is 3.23. The third-order valence-electron chi connectivity index (χ3n) is 2.57. The maximum absolute atomic E-state index is 11.1. The minimum atomic E-state index is -1.11. The summed E-state index contributed by atoms with van der Waals surface area (Å²) in [6.07, 6.45) is 0. The van der Waals surface area contributed by atoms with Gasteiger partial charge >= 0.3 is 5.97 Å². The predicted molar refractivity (Wildman–Crippen MR) is 75.7 cm³/mol. The molecule has 1 amide bonds. The minimum absolute atomic E-state index is 0.105. The number of primary amides is 1. The number of hydrogen-bond acceptors (Lipinski definition) is 4. The second-order valence-corrected chi connectivity index (χ2v) is 4.84. The zero-order valence-electron chi connectivity index (χ0n) is 10.2. The molecular weight excluding hydrogens is 328 g/mol. The van der Waals surface area contributed by atoms with Gasteiger partial charge < -0.3 is 20.6 Å². The standard InChI is InChI=1S/C13H11BrN2O4/c14-10-5-7(1-3-9(10)12(15)17)16-6-8-2-4-11(20-8)13(18)19/h1-5,16H,6H2,(H2,15,17)(H,18,19). The number of carboxylic acid groups (broad SMARTS) is 1. The molecule has 1 aromatic heterocycles. The van der Waals surface area contributed by atoms with E-state index in [1.807, 2.05) is 0 Å². The van der Waals surface area contributed by atoms with E-state index in [-0.39, 0.29) is 5.76 Å². The number of carbonyl (C=O) groups excluding carboxylic acids is 1. The Morgan fingerprint density at radius 2 is 2.05 bits per heavy atom. The van der Waals surface area contributed by atoms with Crippen molar-refractivity contribution in [2.24, 2.45) is 5.73 Å². The molecular formula is C13H11BrN2O4. The van der Waals surface area contributed by atoms with Crippen molar-refractivity contribution in [2.75, 3.05) is 5.32 Å². The lowest BCUT2D eigenvalue weighted by Gasteiger charge is -2.07. The summed E-state index contributed by atoms with van der Waals surface area (Å²) in [6, 6.07) is 7.99. The van der Waals surface area contributed by atoms with Gasteiger partial charge in [0.25, 0.3) is 0 Å². The molecule has 0 saturated carbocycles. The number of amides is 1. The van der Waals surface area contributed by atoms with Gasteiger partial charge in [0.15, 0.2) is 0 Å². The summed E-state index contributed by atoms with van der Waals surface area (Å²) in [5.41, 5.74) is 6.34. The van der Waals surface area contributed by atoms with Gasteiger partial charge in [-0.3, -0.25) is 4.79 Å². The van der Waals surface area contributed by atoms with Crippen LogP contribution in [-0.2, 0) is 6.54 Å². The van der Waals surface area contributed by atoms with E-state index in [1.165, 1.54) is 6.07 Å². The summed E-state index contributed by atoms with van der Waals surface area (Å²) in [5, 5.41) is 11.8. The number of carbonyl (C=O) groups is 2. The quantitative estimate of drug-likeness (QED) is 0.776. The molecule has 1 aromatic carbocycles. The molecule has 1 heterocycles. The van der Waals surface area contributed by atoms with Gasteiger partial charge in [0, 0.05) is 10.2 Å². The number of hydrogen-bond donors (Lipinski definition) is 3. The summed E-state index contributed by atoms with van der Waals surface area (Å²) in [5.74, 6) is -1.23. The Morgan fingerprint density at radius 1 is 1.30 bits per heavy atom. The highest BCUT2D eigenvalue weighted by Gasteiger charge is 2.09. The lowest BCUT2D eigenvalue weighted by atomic mass is 10.2. The Bertz CT molecular complexity index is 666. The highest BCUT2D eigenvalue weighted by atomic mass is 79.9. The van der Waals surface area contributed by atoms with Gasteiger partial charge in [-0.2, -0.15) is 0 Å². The van der Waals surface area contributed by atoms with Gasteiger partial charge in [0.1, 0.15) is 5.76 Å². The smallest absolute Gasteiger partial charge is 0.371 e. The molecule has 0 atom stereocenters. The Morgan fingerprint density at radius 3 is 2.60 bits per heavy atom. The van der Waals surface area contributed by atoms with Crippen molar-refractivity contribution in [3.05, 3.63) is 51.9 Å². The van der Waals surface area contributed by atoms with Crippen LogP contribution < -0.4 is 11.1 Å². The van der Waals surface area contributed by atoms with Crippen LogP contribution in [0.15, 0.2) is 39.2 Å². The highest BCUT2D eigenvalue weighted by Crippen LogP contribution is 2.22. The van der Waals surface area contributed by atoms with Crippen LogP contribution in [0.1, 0.15) is 26.7 Å².